The minimum absolute atomic E-state index is 0.333. The molecule has 30 heavy (non-hydrogen) atoms. The number of carbonyl (C=O) groups excluding carboxylic acids is 1. The van der Waals surface area contributed by atoms with Crippen molar-refractivity contribution in [3.63, 3.8) is 0 Å². The van der Waals surface area contributed by atoms with E-state index in [1.807, 2.05) is 38.2 Å². The zero-order valence-corrected chi connectivity index (χ0v) is 16.9. The number of nitrogens with zero attached hydrogens (tertiary/aromatic N) is 5. The second kappa shape index (κ2) is 6.91. The number of nitrogens with two attached hydrogens (primary N) is 1. The normalized spacial score (nSPS) is 13.5. The third-order valence-corrected chi connectivity index (χ3v) is 5.46. The van der Waals surface area contributed by atoms with E-state index < -0.39 is 5.91 Å². The number of primary amides is 1. The van der Waals surface area contributed by atoms with Gasteiger partial charge in [-0.15, -0.1) is 0 Å². The Hall–Kier alpha value is -3.81. The van der Waals surface area contributed by atoms with Crippen molar-refractivity contribution in [2.45, 2.75) is 20.0 Å². The van der Waals surface area contributed by atoms with Gasteiger partial charge in [-0.2, -0.15) is 10.2 Å². The highest BCUT2D eigenvalue weighted by molar-refractivity contribution is 6.00. The molecule has 4 aromatic rings. The zero-order chi connectivity index (χ0) is 20.8. The van der Waals surface area contributed by atoms with Gasteiger partial charge in [0.1, 0.15) is 11.5 Å². The molecule has 8 nitrogen and oxygen atoms in total. The van der Waals surface area contributed by atoms with Crippen LogP contribution < -0.4 is 15.4 Å². The molecule has 2 aromatic carbocycles. The molecule has 1 amide bonds. The maximum Gasteiger partial charge on any atom is 0.252 e. The quantitative estimate of drug-likeness (QED) is 0.567. The lowest BCUT2D eigenvalue weighted by Crippen LogP contribution is -2.33. The number of amides is 1. The Balaban J connectivity index is 1.39. The molecule has 0 aliphatic carbocycles. The van der Waals surface area contributed by atoms with E-state index in [0.717, 1.165) is 41.9 Å². The number of hydrogen-bond acceptors (Lipinski definition) is 5. The molecule has 152 valence electrons. The van der Waals surface area contributed by atoms with E-state index in [-0.39, 0.29) is 0 Å². The minimum atomic E-state index is -0.535. The van der Waals surface area contributed by atoms with Crippen molar-refractivity contribution in [3.8, 4) is 11.5 Å². The molecule has 0 fully saturated rings. The molecule has 0 saturated heterocycles. The minimum Gasteiger partial charge on any atom is -0.456 e. The van der Waals surface area contributed by atoms with Gasteiger partial charge < -0.3 is 15.4 Å². The number of hydrogen-bond donors (Lipinski definition) is 1. The second-order valence-corrected chi connectivity index (χ2v) is 7.56. The maximum atomic E-state index is 11.9. The van der Waals surface area contributed by atoms with E-state index in [2.05, 4.69) is 25.8 Å². The molecule has 0 bridgehead atoms. The largest absolute Gasteiger partial charge is 0.456 e. The maximum absolute atomic E-state index is 11.9. The van der Waals surface area contributed by atoms with Gasteiger partial charge >= 0.3 is 0 Å². The molecule has 0 radical (unpaired) electrons. The molecule has 0 saturated carbocycles. The predicted octanol–water partition coefficient (Wildman–Crippen LogP) is 2.99. The van der Waals surface area contributed by atoms with Crippen molar-refractivity contribution in [1.82, 2.24) is 19.6 Å². The Morgan fingerprint density at radius 2 is 1.93 bits per heavy atom. The molecule has 8 heteroatoms. The molecule has 0 atom stereocenters. The number of aromatic nitrogens is 4. The summed E-state index contributed by atoms with van der Waals surface area (Å²) >= 11 is 0. The van der Waals surface area contributed by atoms with Crippen LogP contribution in [0.1, 0.15) is 21.7 Å². The summed E-state index contributed by atoms with van der Waals surface area (Å²) in [5, 5.41) is 9.58. The van der Waals surface area contributed by atoms with Crippen LogP contribution in [-0.2, 0) is 20.1 Å². The Labute approximate surface area is 173 Å². The first kappa shape index (κ1) is 18.2. The lowest BCUT2D eigenvalue weighted by Gasteiger charge is -2.29. The summed E-state index contributed by atoms with van der Waals surface area (Å²) in [6.07, 6.45) is 1.70. The molecule has 1 aliphatic heterocycles. The van der Waals surface area contributed by atoms with Crippen LogP contribution in [0.15, 0.2) is 48.7 Å². The molecular formula is C22H22N6O2. The summed E-state index contributed by atoms with van der Waals surface area (Å²) in [4.78, 5) is 14.2. The summed E-state index contributed by atoms with van der Waals surface area (Å²) < 4.78 is 9.84. The van der Waals surface area contributed by atoms with Crippen LogP contribution in [0.3, 0.4) is 0 Å². The van der Waals surface area contributed by atoms with Gasteiger partial charge in [-0.3, -0.25) is 14.2 Å². The number of carbonyl (C=O) groups is 1. The highest BCUT2D eigenvalue weighted by Gasteiger charge is 2.18. The van der Waals surface area contributed by atoms with Crippen LogP contribution in [0.5, 0.6) is 11.5 Å². The van der Waals surface area contributed by atoms with E-state index in [1.165, 1.54) is 5.69 Å². The van der Waals surface area contributed by atoms with Crippen LogP contribution in [0.2, 0.25) is 0 Å². The number of fused-ring (bicyclic) bond motifs is 2. The van der Waals surface area contributed by atoms with E-state index in [0.29, 0.717) is 17.1 Å². The summed E-state index contributed by atoms with van der Waals surface area (Å²) in [5.41, 5.74) is 10.1. The van der Waals surface area contributed by atoms with Crippen LogP contribution >= 0.6 is 0 Å². The van der Waals surface area contributed by atoms with Gasteiger partial charge in [0.05, 0.1) is 41.8 Å². The lowest BCUT2D eigenvalue weighted by atomic mass is 10.1. The fraction of sp³-hybridized carbons (Fsp3) is 0.227. The Morgan fingerprint density at radius 3 is 2.70 bits per heavy atom. The molecule has 0 unspecified atom stereocenters. The average molecular weight is 402 g/mol. The predicted molar refractivity (Wildman–Crippen MR) is 114 cm³/mol. The van der Waals surface area contributed by atoms with Crippen LogP contribution in [0, 0.1) is 6.92 Å². The van der Waals surface area contributed by atoms with Crippen molar-refractivity contribution in [2.24, 2.45) is 12.8 Å². The molecule has 3 heterocycles. The van der Waals surface area contributed by atoms with E-state index >= 15 is 0 Å². The number of ether oxygens (including phenoxy) is 1. The second-order valence-electron chi connectivity index (χ2n) is 7.56. The number of anilines is 1. The molecule has 5 rings (SSSR count). The molecular weight excluding hydrogens is 380 g/mol. The van der Waals surface area contributed by atoms with Crippen LogP contribution in [0.25, 0.3) is 10.9 Å². The average Bonchev–Trinajstić information content (AvgIpc) is 3.28. The third-order valence-electron chi connectivity index (χ3n) is 5.46. The van der Waals surface area contributed by atoms with Crippen molar-refractivity contribution in [2.75, 3.05) is 11.4 Å². The molecule has 2 N–H and O–H groups in total. The van der Waals surface area contributed by atoms with Crippen molar-refractivity contribution < 1.29 is 9.53 Å². The number of rotatable bonds is 4. The summed E-state index contributed by atoms with van der Waals surface area (Å²) in [6.45, 7) is 4.61. The Morgan fingerprint density at radius 1 is 1.13 bits per heavy atom. The van der Waals surface area contributed by atoms with Gasteiger partial charge in [-0.25, -0.2) is 0 Å². The topological polar surface area (TPSA) is 91.2 Å². The van der Waals surface area contributed by atoms with E-state index in [4.69, 9.17) is 10.5 Å². The van der Waals surface area contributed by atoms with Crippen molar-refractivity contribution >= 4 is 22.5 Å². The van der Waals surface area contributed by atoms with E-state index in [9.17, 15) is 4.79 Å². The third kappa shape index (κ3) is 3.16. The smallest absolute Gasteiger partial charge is 0.252 e. The first-order valence-corrected chi connectivity index (χ1v) is 9.80. The first-order valence-electron chi connectivity index (χ1n) is 9.80. The zero-order valence-electron chi connectivity index (χ0n) is 16.9. The van der Waals surface area contributed by atoms with Crippen molar-refractivity contribution in [3.05, 3.63) is 65.6 Å². The van der Waals surface area contributed by atoms with Crippen LogP contribution in [0.4, 0.5) is 5.69 Å². The monoisotopic (exact) mass is 402 g/mol. The summed E-state index contributed by atoms with van der Waals surface area (Å²) in [5.74, 6) is 0.525. The van der Waals surface area contributed by atoms with Gasteiger partial charge in [0.2, 0.25) is 0 Å². The summed E-state index contributed by atoms with van der Waals surface area (Å²) in [7, 11) is 1.84. The lowest BCUT2D eigenvalue weighted by molar-refractivity contribution is 0.0998. The SMILES string of the molecule is Cc1cc2n(n1)CCN(c1ccc(Oc3cc4c(cnn4C)cc3C(N)=O)cc1)C2. The van der Waals surface area contributed by atoms with Crippen LogP contribution in [-0.4, -0.2) is 32.0 Å². The van der Waals surface area contributed by atoms with Gasteiger partial charge in [0.15, 0.2) is 0 Å². The molecule has 2 aromatic heterocycles. The van der Waals surface area contributed by atoms with Gasteiger partial charge in [-0.05, 0) is 43.3 Å². The Kier molecular flexibility index (Phi) is 4.20. The molecule has 1 aliphatic rings. The fourth-order valence-corrected chi connectivity index (χ4v) is 3.94. The van der Waals surface area contributed by atoms with Gasteiger partial charge in [0.25, 0.3) is 5.91 Å². The number of aryl methyl sites for hydroxylation is 2. The van der Waals surface area contributed by atoms with Crippen molar-refractivity contribution in [1.29, 1.82) is 0 Å². The van der Waals surface area contributed by atoms with Gasteiger partial charge in [0, 0.05) is 30.7 Å². The van der Waals surface area contributed by atoms with E-state index in [1.54, 1.807) is 23.0 Å². The molecule has 0 spiro atoms. The first-order chi connectivity index (χ1) is 14.5. The standard InChI is InChI=1S/C22H22N6O2/c1-14-9-17-13-27(7-8-28(17)25-14)16-3-5-18(6-4-16)30-21-11-20-15(12-24-26(20)2)10-19(21)22(23)29/h3-6,9-12H,7-8,13H2,1-2H3,(H2,23,29). The fourth-order valence-electron chi connectivity index (χ4n) is 3.94. The summed E-state index contributed by atoms with van der Waals surface area (Å²) in [6, 6.07) is 13.5. The highest BCUT2D eigenvalue weighted by Crippen LogP contribution is 2.31. The highest BCUT2D eigenvalue weighted by atomic mass is 16.5. The Bertz CT molecular complexity index is 1250. The number of benzene rings is 2. The van der Waals surface area contributed by atoms with Gasteiger partial charge in [-0.1, -0.05) is 0 Å².